The number of anilines is 1. The van der Waals surface area contributed by atoms with E-state index in [-0.39, 0.29) is 18.4 Å². The zero-order valence-electron chi connectivity index (χ0n) is 18.5. The summed E-state index contributed by atoms with van der Waals surface area (Å²) in [6.45, 7) is 7.34. The Morgan fingerprint density at radius 2 is 1.74 bits per heavy atom. The molecule has 0 radical (unpaired) electrons. The number of carbonyl (C=O) groups excluding carboxylic acids is 2. The van der Waals surface area contributed by atoms with Crippen molar-refractivity contribution in [2.24, 2.45) is 0 Å². The van der Waals surface area contributed by atoms with Gasteiger partial charge in [0.15, 0.2) is 13.2 Å². The van der Waals surface area contributed by atoms with Crippen LogP contribution >= 0.6 is 0 Å². The van der Waals surface area contributed by atoms with Crippen molar-refractivity contribution in [3.8, 4) is 5.75 Å². The molecule has 0 saturated carbocycles. The standard InChI is InChI=1S/C25H31N3O3/c1-18-5-3-6-19(2)25(18)26-23(29)16-27-11-13-28(14-12-27)24(30)17-31-22-10-9-20-7-4-8-21(20)15-22/h3,5-6,9-10,15H,4,7-8,11-14,16-17H2,1-2H3,(H,26,29)/p+1. The topological polar surface area (TPSA) is 63.1 Å². The number of hydrogen-bond acceptors (Lipinski definition) is 3. The first kappa shape index (κ1) is 21.4. The number of rotatable bonds is 6. The van der Waals surface area contributed by atoms with Crippen LogP contribution in [-0.2, 0) is 22.4 Å². The average Bonchev–Trinajstić information content (AvgIpc) is 3.23. The fraction of sp³-hybridized carbons (Fsp3) is 0.440. The average molecular weight is 423 g/mol. The smallest absolute Gasteiger partial charge is 0.279 e. The van der Waals surface area contributed by atoms with E-state index in [0.717, 1.165) is 48.5 Å². The predicted molar refractivity (Wildman–Crippen MR) is 121 cm³/mol. The number of quaternary nitrogens is 1. The summed E-state index contributed by atoms with van der Waals surface area (Å²) in [6, 6.07) is 12.2. The Morgan fingerprint density at radius 1 is 1.03 bits per heavy atom. The number of aryl methyl sites for hydroxylation is 4. The van der Waals surface area contributed by atoms with Gasteiger partial charge in [-0.15, -0.1) is 0 Å². The first-order valence-corrected chi connectivity index (χ1v) is 11.2. The van der Waals surface area contributed by atoms with Gasteiger partial charge in [0.05, 0.1) is 26.2 Å². The summed E-state index contributed by atoms with van der Waals surface area (Å²) >= 11 is 0. The Bertz CT molecular complexity index is 944. The van der Waals surface area contributed by atoms with E-state index in [1.54, 1.807) is 0 Å². The first-order valence-electron chi connectivity index (χ1n) is 11.2. The molecule has 164 valence electrons. The lowest BCUT2D eigenvalue weighted by Gasteiger charge is -2.31. The molecule has 6 nitrogen and oxygen atoms in total. The Kier molecular flexibility index (Phi) is 6.56. The van der Waals surface area contributed by atoms with Crippen molar-refractivity contribution in [2.45, 2.75) is 33.1 Å². The molecule has 6 heteroatoms. The number of piperazine rings is 1. The van der Waals surface area contributed by atoms with Crippen LogP contribution in [0.25, 0.3) is 0 Å². The summed E-state index contributed by atoms with van der Waals surface area (Å²) in [6.07, 6.45) is 3.44. The van der Waals surface area contributed by atoms with E-state index in [0.29, 0.717) is 19.6 Å². The number of hydrogen-bond donors (Lipinski definition) is 2. The quantitative estimate of drug-likeness (QED) is 0.742. The lowest BCUT2D eigenvalue weighted by molar-refractivity contribution is -0.895. The number of fused-ring (bicyclic) bond motifs is 1. The molecule has 0 atom stereocenters. The van der Waals surface area contributed by atoms with Gasteiger partial charge in [0.25, 0.3) is 11.8 Å². The molecule has 0 spiro atoms. The Hall–Kier alpha value is -2.86. The van der Waals surface area contributed by atoms with Crippen LogP contribution in [-0.4, -0.2) is 56.0 Å². The number of nitrogens with one attached hydrogen (secondary N) is 2. The Balaban J connectivity index is 1.21. The highest BCUT2D eigenvalue weighted by Gasteiger charge is 2.26. The highest BCUT2D eigenvalue weighted by molar-refractivity contribution is 5.93. The second-order valence-corrected chi connectivity index (χ2v) is 8.70. The summed E-state index contributed by atoms with van der Waals surface area (Å²) in [4.78, 5) is 28.1. The maximum absolute atomic E-state index is 12.6. The lowest BCUT2D eigenvalue weighted by Crippen LogP contribution is -3.15. The van der Waals surface area contributed by atoms with Gasteiger partial charge in [-0.3, -0.25) is 9.59 Å². The van der Waals surface area contributed by atoms with Crippen molar-refractivity contribution >= 4 is 17.5 Å². The van der Waals surface area contributed by atoms with Crippen LogP contribution in [0.1, 0.15) is 28.7 Å². The molecule has 1 aliphatic heterocycles. The maximum atomic E-state index is 12.6. The van der Waals surface area contributed by atoms with Crippen LogP contribution < -0.4 is 15.0 Å². The summed E-state index contributed by atoms with van der Waals surface area (Å²) in [5.74, 6) is 0.813. The van der Waals surface area contributed by atoms with E-state index >= 15 is 0 Å². The predicted octanol–water partition coefficient (Wildman–Crippen LogP) is 1.54. The molecule has 1 saturated heterocycles. The number of para-hydroxylation sites is 1. The van der Waals surface area contributed by atoms with Crippen LogP contribution in [0.15, 0.2) is 36.4 Å². The molecule has 2 aromatic carbocycles. The zero-order valence-corrected chi connectivity index (χ0v) is 18.5. The molecule has 0 unspecified atom stereocenters. The molecule has 2 amide bonds. The molecular formula is C25H32N3O3+. The molecule has 0 aromatic heterocycles. The van der Waals surface area contributed by atoms with Crippen LogP contribution in [0.4, 0.5) is 5.69 Å². The monoisotopic (exact) mass is 422 g/mol. The van der Waals surface area contributed by atoms with Gasteiger partial charge in [0, 0.05) is 5.69 Å². The second-order valence-electron chi connectivity index (χ2n) is 8.70. The van der Waals surface area contributed by atoms with E-state index in [1.165, 1.54) is 22.4 Å². The van der Waals surface area contributed by atoms with Crippen molar-refractivity contribution in [1.82, 2.24) is 4.90 Å². The number of carbonyl (C=O) groups is 2. The fourth-order valence-corrected chi connectivity index (χ4v) is 4.55. The molecule has 1 aliphatic carbocycles. The zero-order chi connectivity index (χ0) is 21.8. The maximum Gasteiger partial charge on any atom is 0.279 e. The van der Waals surface area contributed by atoms with Gasteiger partial charge in [-0.2, -0.15) is 0 Å². The minimum atomic E-state index is 0.0135. The minimum absolute atomic E-state index is 0.0135. The highest BCUT2D eigenvalue weighted by Crippen LogP contribution is 2.26. The molecule has 2 aliphatic rings. The number of ether oxygens (including phenoxy) is 1. The number of amides is 2. The summed E-state index contributed by atoms with van der Waals surface area (Å²) in [5, 5.41) is 3.06. The van der Waals surface area contributed by atoms with Crippen molar-refractivity contribution < 1.29 is 19.2 Å². The summed E-state index contributed by atoms with van der Waals surface area (Å²) in [5.41, 5.74) is 5.80. The molecular weight excluding hydrogens is 390 g/mol. The van der Waals surface area contributed by atoms with Crippen LogP contribution in [0.5, 0.6) is 5.75 Å². The van der Waals surface area contributed by atoms with Gasteiger partial charge >= 0.3 is 0 Å². The summed E-state index contributed by atoms with van der Waals surface area (Å²) in [7, 11) is 0. The van der Waals surface area contributed by atoms with Crippen molar-refractivity contribution in [3.05, 3.63) is 58.7 Å². The molecule has 2 N–H and O–H groups in total. The molecule has 2 aromatic rings. The fourth-order valence-electron chi connectivity index (χ4n) is 4.55. The third-order valence-electron chi connectivity index (χ3n) is 6.41. The van der Waals surface area contributed by atoms with E-state index in [9.17, 15) is 9.59 Å². The third kappa shape index (κ3) is 5.25. The molecule has 1 fully saturated rings. The van der Waals surface area contributed by atoms with Crippen molar-refractivity contribution in [1.29, 1.82) is 0 Å². The molecule has 4 rings (SSSR count). The highest BCUT2D eigenvalue weighted by atomic mass is 16.5. The SMILES string of the molecule is Cc1cccc(C)c1NC(=O)C[NH+]1CCN(C(=O)COc2ccc3c(c2)CCC3)CC1. The Morgan fingerprint density at radius 3 is 2.48 bits per heavy atom. The lowest BCUT2D eigenvalue weighted by atomic mass is 10.1. The van der Waals surface area contributed by atoms with Gasteiger partial charge in [-0.05, 0) is 67.5 Å². The van der Waals surface area contributed by atoms with Crippen molar-refractivity contribution in [2.75, 3.05) is 44.6 Å². The molecule has 0 bridgehead atoms. The van der Waals surface area contributed by atoms with Gasteiger partial charge in [-0.1, -0.05) is 24.3 Å². The largest absolute Gasteiger partial charge is 0.484 e. The molecule has 31 heavy (non-hydrogen) atoms. The Labute approximate surface area is 184 Å². The third-order valence-corrected chi connectivity index (χ3v) is 6.41. The van der Waals surface area contributed by atoms with Gasteiger partial charge < -0.3 is 19.9 Å². The van der Waals surface area contributed by atoms with E-state index in [4.69, 9.17) is 4.74 Å². The van der Waals surface area contributed by atoms with Gasteiger partial charge in [0.2, 0.25) is 0 Å². The van der Waals surface area contributed by atoms with Crippen molar-refractivity contribution in [3.63, 3.8) is 0 Å². The van der Waals surface area contributed by atoms with E-state index < -0.39 is 0 Å². The van der Waals surface area contributed by atoms with Crippen LogP contribution in [0.3, 0.4) is 0 Å². The molecule has 1 heterocycles. The van der Waals surface area contributed by atoms with Gasteiger partial charge in [-0.25, -0.2) is 0 Å². The number of nitrogens with zero attached hydrogens (tertiary/aromatic N) is 1. The minimum Gasteiger partial charge on any atom is -0.484 e. The number of benzene rings is 2. The van der Waals surface area contributed by atoms with E-state index in [2.05, 4.69) is 17.4 Å². The van der Waals surface area contributed by atoms with Gasteiger partial charge in [0.1, 0.15) is 5.75 Å². The van der Waals surface area contributed by atoms with Crippen LogP contribution in [0, 0.1) is 13.8 Å². The van der Waals surface area contributed by atoms with E-state index in [1.807, 2.05) is 43.0 Å². The second kappa shape index (κ2) is 9.52. The normalized spacial score (nSPS) is 16.1. The first-order chi connectivity index (χ1) is 15.0. The van der Waals surface area contributed by atoms with Crippen LogP contribution in [0.2, 0.25) is 0 Å². The summed E-state index contributed by atoms with van der Waals surface area (Å²) < 4.78 is 5.76.